The fourth-order valence-corrected chi connectivity index (χ4v) is 2.90. The van der Waals surface area contributed by atoms with Gasteiger partial charge in [-0.25, -0.2) is 0 Å². The van der Waals surface area contributed by atoms with Gasteiger partial charge in [-0.2, -0.15) is 0 Å². The number of likely N-dealkylation sites (tertiary alicyclic amines) is 1. The van der Waals surface area contributed by atoms with E-state index in [9.17, 15) is 14.9 Å². The van der Waals surface area contributed by atoms with Crippen molar-refractivity contribution in [3.05, 3.63) is 38.9 Å². The van der Waals surface area contributed by atoms with E-state index in [1.54, 1.807) is 0 Å². The molecule has 0 aliphatic carbocycles. The Morgan fingerprint density at radius 1 is 1.43 bits per heavy atom. The van der Waals surface area contributed by atoms with Crippen molar-refractivity contribution in [2.45, 2.75) is 26.2 Å². The summed E-state index contributed by atoms with van der Waals surface area (Å²) in [6, 6.07) is 4.07. The van der Waals surface area contributed by atoms with Crippen LogP contribution in [0.4, 0.5) is 5.69 Å². The monoisotopic (exact) mass is 339 g/mol. The highest BCUT2D eigenvalue weighted by atomic mass is 35.5. The van der Waals surface area contributed by atoms with Gasteiger partial charge in [-0.1, -0.05) is 18.5 Å². The SMILES string of the molecule is CC1CCN(CCCNC(=O)c2ccc(Cl)cc2[N+](=O)[O-])CC1. The standard InChI is InChI=1S/C16H22ClN3O3/c1-12-5-9-19(10-6-12)8-2-7-18-16(21)14-4-3-13(17)11-15(14)20(22)23/h3-4,11-12H,2,5-10H2,1H3,(H,18,21). The highest BCUT2D eigenvalue weighted by Crippen LogP contribution is 2.23. The molecule has 1 aromatic rings. The molecule has 1 heterocycles. The van der Waals surface area contributed by atoms with Gasteiger partial charge >= 0.3 is 0 Å². The Morgan fingerprint density at radius 2 is 2.13 bits per heavy atom. The van der Waals surface area contributed by atoms with Crippen molar-refractivity contribution in [2.75, 3.05) is 26.2 Å². The molecule has 1 saturated heterocycles. The van der Waals surface area contributed by atoms with Gasteiger partial charge in [0.25, 0.3) is 11.6 Å². The van der Waals surface area contributed by atoms with Crippen molar-refractivity contribution in [3.63, 3.8) is 0 Å². The Bertz CT molecular complexity index is 572. The molecule has 1 N–H and O–H groups in total. The van der Waals surface area contributed by atoms with E-state index in [1.165, 1.54) is 31.0 Å². The molecule has 1 aliphatic rings. The zero-order valence-electron chi connectivity index (χ0n) is 13.3. The van der Waals surface area contributed by atoms with Gasteiger partial charge in [0.1, 0.15) is 5.56 Å². The summed E-state index contributed by atoms with van der Waals surface area (Å²) in [4.78, 5) is 24.9. The minimum absolute atomic E-state index is 0.0474. The molecule has 1 aliphatic heterocycles. The lowest BCUT2D eigenvalue weighted by atomic mass is 9.99. The van der Waals surface area contributed by atoms with E-state index in [4.69, 9.17) is 11.6 Å². The van der Waals surface area contributed by atoms with E-state index in [0.29, 0.717) is 6.54 Å². The van der Waals surface area contributed by atoms with E-state index in [2.05, 4.69) is 17.1 Å². The van der Waals surface area contributed by atoms with Crippen molar-refractivity contribution in [3.8, 4) is 0 Å². The first-order valence-corrected chi connectivity index (χ1v) is 8.29. The highest BCUT2D eigenvalue weighted by molar-refractivity contribution is 6.31. The molecule has 0 aromatic heterocycles. The molecule has 23 heavy (non-hydrogen) atoms. The van der Waals surface area contributed by atoms with Crippen LogP contribution >= 0.6 is 11.6 Å². The van der Waals surface area contributed by atoms with Crippen LogP contribution in [-0.4, -0.2) is 41.9 Å². The third kappa shape index (κ3) is 5.18. The number of piperidine rings is 1. The number of nitro benzene ring substituents is 1. The van der Waals surface area contributed by atoms with E-state index in [0.717, 1.165) is 32.0 Å². The van der Waals surface area contributed by atoms with Crippen molar-refractivity contribution in [2.24, 2.45) is 5.92 Å². The first-order valence-electron chi connectivity index (χ1n) is 7.92. The van der Waals surface area contributed by atoms with Crippen LogP contribution in [-0.2, 0) is 0 Å². The molecule has 0 unspecified atom stereocenters. The van der Waals surface area contributed by atoms with E-state index < -0.39 is 10.8 Å². The number of carbonyl (C=O) groups excluding carboxylic acids is 1. The average Bonchev–Trinajstić information content (AvgIpc) is 2.53. The van der Waals surface area contributed by atoms with E-state index in [1.807, 2.05) is 0 Å². The van der Waals surface area contributed by atoms with E-state index >= 15 is 0 Å². The Morgan fingerprint density at radius 3 is 2.78 bits per heavy atom. The van der Waals surface area contributed by atoms with Crippen molar-refractivity contribution >= 4 is 23.2 Å². The van der Waals surface area contributed by atoms with Gasteiger partial charge in [0.2, 0.25) is 0 Å². The van der Waals surface area contributed by atoms with Crippen molar-refractivity contribution in [1.29, 1.82) is 0 Å². The minimum Gasteiger partial charge on any atom is -0.352 e. The molecule has 0 bridgehead atoms. The second kappa shape index (κ2) is 8.26. The van der Waals surface area contributed by atoms with Crippen LogP contribution in [0.3, 0.4) is 0 Å². The summed E-state index contributed by atoms with van der Waals surface area (Å²) in [5.74, 6) is 0.372. The van der Waals surface area contributed by atoms with Crippen LogP contribution in [0.25, 0.3) is 0 Å². The lowest BCUT2D eigenvalue weighted by molar-refractivity contribution is -0.385. The van der Waals surface area contributed by atoms with Gasteiger partial charge in [0.15, 0.2) is 0 Å². The number of hydrogen-bond donors (Lipinski definition) is 1. The second-order valence-electron chi connectivity index (χ2n) is 6.05. The number of nitrogens with one attached hydrogen (secondary N) is 1. The Balaban J connectivity index is 1.80. The second-order valence-corrected chi connectivity index (χ2v) is 6.49. The molecule has 0 radical (unpaired) electrons. The number of amides is 1. The van der Waals surface area contributed by atoms with E-state index in [-0.39, 0.29) is 16.3 Å². The van der Waals surface area contributed by atoms with Crippen LogP contribution in [0.2, 0.25) is 5.02 Å². The predicted octanol–water partition coefficient (Wildman–Crippen LogP) is 3.10. The maximum Gasteiger partial charge on any atom is 0.283 e. The molecule has 0 saturated carbocycles. The molecule has 6 nitrogen and oxygen atoms in total. The largest absolute Gasteiger partial charge is 0.352 e. The first kappa shape index (κ1) is 17.7. The Kier molecular flexibility index (Phi) is 6.36. The summed E-state index contributed by atoms with van der Waals surface area (Å²) < 4.78 is 0. The maximum atomic E-state index is 12.1. The zero-order chi connectivity index (χ0) is 16.8. The zero-order valence-corrected chi connectivity index (χ0v) is 14.0. The van der Waals surface area contributed by atoms with Gasteiger partial charge in [-0.3, -0.25) is 14.9 Å². The molecule has 2 rings (SSSR count). The molecular formula is C16H22ClN3O3. The number of nitrogens with zero attached hydrogens (tertiary/aromatic N) is 2. The molecule has 126 valence electrons. The summed E-state index contributed by atoms with van der Waals surface area (Å²) in [6.45, 7) is 5.94. The first-order chi connectivity index (χ1) is 11.0. The maximum absolute atomic E-state index is 12.1. The fraction of sp³-hybridized carbons (Fsp3) is 0.562. The number of rotatable bonds is 6. The molecule has 1 amide bonds. The van der Waals surface area contributed by atoms with Crippen LogP contribution < -0.4 is 5.32 Å². The molecule has 7 heteroatoms. The Hall–Kier alpha value is -1.66. The van der Waals surface area contributed by atoms with Crippen molar-refractivity contribution in [1.82, 2.24) is 10.2 Å². The predicted molar refractivity (Wildman–Crippen MR) is 89.9 cm³/mol. The van der Waals surface area contributed by atoms with Crippen LogP contribution in [0.15, 0.2) is 18.2 Å². The number of hydrogen-bond acceptors (Lipinski definition) is 4. The van der Waals surface area contributed by atoms with Crippen LogP contribution in [0.5, 0.6) is 0 Å². The third-order valence-electron chi connectivity index (χ3n) is 4.21. The molecule has 1 fully saturated rings. The van der Waals surface area contributed by atoms with Gasteiger partial charge < -0.3 is 10.2 Å². The lowest BCUT2D eigenvalue weighted by Crippen LogP contribution is -2.35. The van der Waals surface area contributed by atoms with Gasteiger partial charge in [0.05, 0.1) is 4.92 Å². The highest BCUT2D eigenvalue weighted by Gasteiger charge is 2.20. The fourth-order valence-electron chi connectivity index (χ4n) is 2.73. The normalized spacial score (nSPS) is 16.3. The Labute approximate surface area is 141 Å². The minimum atomic E-state index is -0.588. The molecule has 1 aromatic carbocycles. The number of benzene rings is 1. The molecule has 0 atom stereocenters. The quantitative estimate of drug-likeness (QED) is 0.491. The summed E-state index contributed by atoms with van der Waals surface area (Å²) in [6.07, 6.45) is 3.29. The lowest BCUT2D eigenvalue weighted by Gasteiger charge is -2.30. The van der Waals surface area contributed by atoms with Crippen molar-refractivity contribution < 1.29 is 9.72 Å². The summed E-state index contributed by atoms with van der Waals surface area (Å²) >= 11 is 5.75. The number of halogens is 1. The summed E-state index contributed by atoms with van der Waals surface area (Å²) in [5.41, 5.74) is -0.216. The van der Waals surface area contributed by atoms with Crippen LogP contribution in [0, 0.1) is 16.0 Å². The van der Waals surface area contributed by atoms with Crippen LogP contribution in [0.1, 0.15) is 36.5 Å². The van der Waals surface area contributed by atoms with Gasteiger partial charge in [-0.05, 0) is 56.9 Å². The summed E-state index contributed by atoms with van der Waals surface area (Å²) in [7, 11) is 0. The van der Waals surface area contributed by atoms with Gasteiger partial charge in [0, 0.05) is 17.6 Å². The average molecular weight is 340 g/mol. The summed E-state index contributed by atoms with van der Waals surface area (Å²) in [5, 5.41) is 14.0. The topological polar surface area (TPSA) is 75.5 Å². The molecular weight excluding hydrogens is 318 g/mol. The third-order valence-corrected chi connectivity index (χ3v) is 4.45. The smallest absolute Gasteiger partial charge is 0.283 e. The number of nitro groups is 1. The number of carbonyl (C=O) groups is 1. The van der Waals surface area contributed by atoms with Gasteiger partial charge in [-0.15, -0.1) is 0 Å². The molecule has 0 spiro atoms.